The molecule has 1 unspecified atom stereocenters. The molecule has 1 aromatic carbocycles. The highest BCUT2D eigenvalue weighted by Gasteiger charge is 2.26. The Bertz CT molecular complexity index is 1210. The minimum absolute atomic E-state index is 0.159. The zero-order valence-electron chi connectivity index (χ0n) is 19.7. The van der Waals surface area contributed by atoms with Crippen molar-refractivity contribution in [3.63, 3.8) is 0 Å². The highest BCUT2D eigenvalue weighted by molar-refractivity contribution is 5.88. The number of rotatable bonds is 5. The average Bonchev–Trinajstić information content (AvgIpc) is 3.64. The molecular formula is C26H29N5O3. The Morgan fingerprint density at radius 1 is 1.24 bits per heavy atom. The van der Waals surface area contributed by atoms with Gasteiger partial charge in [0.15, 0.2) is 0 Å². The van der Waals surface area contributed by atoms with E-state index >= 15 is 0 Å². The molecule has 176 valence electrons. The maximum atomic E-state index is 12.7. The molecule has 1 aliphatic heterocycles. The molecule has 0 spiro atoms. The Morgan fingerprint density at radius 3 is 2.71 bits per heavy atom. The van der Waals surface area contributed by atoms with E-state index in [2.05, 4.69) is 39.5 Å². The molecule has 1 saturated heterocycles. The summed E-state index contributed by atoms with van der Waals surface area (Å²) >= 11 is 0. The molecule has 1 saturated carbocycles. The van der Waals surface area contributed by atoms with Crippen LogP contribution < -0.4 is 10.1 Å². The van der Waals surface area contributed by atoms with Crippen LogP contribution >= 0.6 is 0 Å². The molecular weight excluding hydrogens is 430 g/mol. The maximum absolute atomic E-state index is 12.7. The van der Waals surface area contributed by atoms with E-state index in [1.807, 2.05) is 49.3 Å². The summed E-state index contributed by atoms with van der Waals surface area (Å²) in [6.07, 6.45) is 9.17. The predicted molar refractivity (Wildman–Crippen MR) is 129 cm³/mol. The van der Waals surface area contributed by atoms with Crippen molar-refractivity contribution in [3.8, 4) is 11.8 Å². The fourth-order valence-corrected chi connectivity index (χ4v) is 4.15. The van der Waals surface area contributed by atoms with E-state index in [0.29, 0.717) is 36.7 Å². The van der Waals surface area contributed by atoms with Gasteiger partial charge in [-0.15, -0.1) is 0 Å². The van der Waals surface area contributed by atoms with Crippen LogP contribution in [0, 0.1) is 19.8 Å². The second-order valence-electron chi connectivity index (χ2n) is 9.22. The van der Waals surface area contributed by atoms with Crippen LogP contribution in [0.3, 0.4) is 0 Å². The molecule has 3 heterocycles. The van der Waals surface area contributed by atoms with Crippen molar-refractivity contribution >= 4 is 18.0 Å². The second kappa shape index (κ2) is 9.29. The minimum Gasteiger partial charge on any atom is -0.424 e. The second-order valence-corrected chi connectivity index (χ2v) is 9.22. The number of piperidine rings is 1. The van der Waals surface area contributed by atoms with Crippen molar-refractivity contribution in [2.75, 3.05) is 18.4 Å². The number of carbonyl (C=O) groups excluding carboxylic acids is 1. The number of aryl methyl sites for hydroxylation is 1. The van der Waals surface area contributed by atoms with E-state index in [1.165, 1.54) is 24.0 Å². The third-order valence-electron chi connectivity index (χ3n) is 6.58. The van der Waals surface area contributed by atoms with Crippen molar-refractivity contribution in [2.24, 2.45) is 5.92 Å². The van der Waals surface area contributed by atoms with Crippen LogP contribution in [0.2, 0.25) is 0 Å². The Balaban J connectivity index is 1.21. The lowest BCUT2D eigenvalue weighted by Gasteiger charge is -2.33. The number of amides is 2. The first kappa shape index (κ1) is 22.1. The number of nitrogens with zero attached hydrogens (tertiary/aromatic N) is 4. The highest BCUT2D eigenvalue weighted by Crippen LogP contribution is 2.39. The van der Waals surface area contributed by atoms with Crippen LogP contribution in [-0.4, -0.2) is 39.1 Å². The van der Waals surface area contributed by atoms with Crippen molar-refractivity contribution in [1.29, 1.82) is 0 Å². The lowest BCUT2D eigenvalue weighted by Crippen LogP contribution is -2.42. The Hall–Kier alpha value is -3.68. The zero-order valence-corrected chi connectivity index (χ0v) is 19.7. The van der Waals surface area contributed by atoms with E-state index in [9.17, 15) is 4.79 Å². The van der Waals surface area contributed by atoms with Crippen LogP contribution in [-0.2, 0) is 0 Å². The molecule has 0 radical (unpaired) electrons. The van der Waals surface area contributed by atoms with E-state index in [4.69, 9.17) is 9.26 Å². The van der Waals surface area contributed by atoms with Crippen LogP contribution in [0.25, 0.3) is 6.08 Å². The quantitative estimate of drug-likeness (QED) is 0.525. The summed E-state index contributed by atoms with van der Waals surface area (Å²) in [5, 5.41) is 6.74. The number of carbonyl (C=O) groups is 1. The molecule has 8 heteroatoms. The fourth-order valence-electron chi connectivity index (χ4n) is 4.15. The summed E-state index contributed by atoms with van der Waals surface area (Å²) in [4.78, 5) is 23.2. The molecule has 5 rings (SSSR count). The lowest BCUT2D eigenvalue weighted by atomic mass is 9.91. The molecule has 2 fully saturated rings. The molecule has 3 aromatic rings. The van der Waals surface area contributed by atoms with Crippen molar-refractivity contribution < 1.29 is 14.1 Å². The van der Waals surface area contributed by atoms with Gasteiger partial charge in [0.2, 0.25) is 5.88 Å². The first-order valence-corrected chi connectivity index (χ1v) is 11.8. The van der Waals surface area contributed by atoms with Gasteiger partial charge >= 0.3 is 12.0 Å². The predicted octanol–water partition coefficient (Wildman–Crippen LogP) is 5.71. The van der Waals surface area contributed by atoms with E-state index in [-0.39, 0.29) is 11.9 Å². The van der Waals surface area contributed by atoms with Gasteiger partial charge in [0.25, 0.3) is 0 Å². The number of benzene rings is 1. The summed E-state index contributed by atoms with van der Waals surface area (Å²) < 4.78 is 11.1. The van der Waals surface area contributed by atoms with Gasteiger partial charge < -0.3 is 14.2 Å². The average molecular weight is 460 g/mol. The summed E-state index contributed by atoms with van der Waals surface area (Å²) in [5.74, 6) is 1.98. The molecule has 8 nitrogen and oxygen atoms in total. The number of urea groups is 1. The topological polar surface area (TPSA) is 93.4 Å². The largest absolute Gasteiger partial charge is 0.424 e. The molecule has 1 N–H and O–H groups in total. The summed E-state index contributed by atoms with van der Waals surface area (Å²) in [6, 6.07) is 8.12. The standard InChI is InChI=1S/C26H29N5O3/c1-16-15-31(26(32)29-24-17(2)18(3)30-34-24)10-9-21(16)11-19-5-4-6-23(12-19)33-25-27-13-22(14-28-25)20-7-8-20/h4-6,11-14,16,20H,7-10,15H2,1-3H3,(H,29,32). The molecule has 0 bridgehead atoms. The van der Waals surface area contributed by atoms with Gasteiger partial charge in [-0.3, -0.25) is 5.32 Å². The molecule has 34 heavy (non-hydrogen) atoms. The van der Waals surface area contributed by atoms with E-state index in [1.54, 1.807) is 0 Å². The zero-order chi connectivity index (χ0) is 23.7. The SMILES string of the molecule is Cc1noc(NC(=O)N2CCC(=Cc3cccc(Oc4ncc(C5CC5)cn4)c3)C(C)C2)c1C. The van der Waals surface area contributed by atoms with Crippen molar-refractivity contribution in [1.82, 2.24) is 20.0 Å². The first-order valence-electron chi connectivity index (χ1n) is 11.8. The molecule has 2 aliphatic rings. The number of hydrogen-bond acceptors (Lipinski definition) is 6. The van der Waals surface area contributed by atoms with Crippen LogP contribution in [0.5, 0.6) is 11.8 Å². The van der Waals surface area contributed by atoms with E-state index in [0.717, 1.165) is 23.2 Å². The summed E-state index contributed by atoms with van der Waals surface area (Å²) in [7, 11) is 0. The lowest BCUT2D eigenvalue weighted by molar-refractivity contribution is 0.197. The van der Waals surface area contributed by atoms with Gasteiger partial charge in [-0.25, -0.2) is 14.8 Å². The van der Waals surface area contributed by atoms with Gasteiger partial charge in [0.05, 0.1) is 5.69 Å². The normalized spacial score (nSPS) is 19.3. The number of hydrogen-bond donors (Lipinski definition) is 1. The Kier molecular flexibility index (Phi) is 6.04. The molecule has 2 amide bonds. The van der Waals surface area contributed by atoms with Crippen molar-refractivity contribution in [2.45, 2.75) is 46.0 Å². The van der Waals surface area contributed by atoms with Gasteiger partial charge in [-0.2, -0.15) is 0 Å². The monoisotopic (exact) mass is 459 g/mol. The number of aromatic nitrogens is 3. The van der Waals surface area contributed by atoms with Gasteiger partial charge in [-0.05, 0) is 68.2 Å². The maximum Gasteiger partial charge on any atom is 0.324 e. The van der Waals surface area contributed by atoms with Crippen LogP contribution in [0.1, 0.15) is 54.5 Å². The summed E-state index contributed by atoms with van der Waals surface area (Å²) in [5.41, 5.74) is 5.18. The Morgan fingerprint density at radius 2 is 2.03 bits per heavy atom. The van der Waals surface area contributed by atoms with Crippen LogP contribution in [0.15, 0.2) is 46.8 Å². The number of likely N-dealkylation sites (tertiary alicyclic amines) is 1. The van der Waals surface area contributed by atoms with Crippen LogP contribution in [0.4, 0.5) is 10.7 Å². The smallest absolute Gasteiger partial charge is 0.324 e. The van der Waals surface area contributed by atoms with Gasteiger partial charge in [-0.1, -0.05) is 35.9 Å². The Labute approximate surface area is 199 Å². The van der Waals surface area contributed by atoms with Gasteiger partial charge in [0, 0.05) is 31.0 Å². The first-order chi connectivity index (χ1) is 16.5. The number of nitrogens with one attached hydrogen (secondary N) is 1. The van der Waals surface area contributed by atoms with E-state index < -0.39 is 0 Å². The number of anilines is 1. The van der Waals surface area contributed by atoms with Gasteiger partial charge in [0.1, 0.15) is 5.75 Å². The van der Waals surface area contributed by atoms with Crippen molar-refractivity contribution in [3.05, 3.63) is 64.6 Å². The number of ether oxygens (including phenoxy) is 1. The third-order valence-corrected chi connectivity index (χ3v) is 6.58. The minimum atomic E-state index is -0.159. The summed E-state index contributed by atoms with van der Waals surface area (Å²) in [6.45, 7) is 7.16. The molecule has 1 aliphatic carbocycles. The molecule has 1 atom stereocenters. The molecule has 2 aromatic heterocycles. The highest BCUT2D eigenvalue weighted by atomic mass is 16.5. The fraction of sp³-hybridized carbons (Fsp3) is 0.385. The third kappa shape index (κ3) is 4.95.